The van der Waals surface area contributed by atoms with E-state index in [0.717, 1.165) is 24.1 Å². The lowest BCUT2D eigenvalue weighted by atomic mass is 9.78. The van der Waals surface area contributed by atoms with Gasteiger partial charge in [-0.3, -0.25) is 0 Å². The lowest BCUT2D eigenvalue weighted by molar-refractivity contribution is 0.252. The topological polar surface area (TPSA) is 29.9 Å². The van der Waals surface area contributed by atoms with Crippen LogP contribution in [0, 0.1) is 18.3 Å². The van der Waals surface area contributed by atoms with Gasteiger partial charge in [-0.25, -0.2) is 4.98 Å². The zero-order valence-electron chi connectivity index (χ0n) is 12.3. The van der Waals surface area contributed by atoms with Gasteiger partial charge in [0, 0.05) is 19.8 Å². The maximum absolute atomic E-state index is 4.53. The minimum Gasteiger partial charge on any atom is -0.355 e. The molecule has 0 aliphatic heterocycles. The Hall–Kier alpha value is -0.990. The summed E-state index contributed by atoms with van der Waals surface area (Å²) in [6.45, 7) is 7.80. The van der Waals surface area contributed by atoms with E-state index in [1.54, 1.807) is 0 Å². The Labute approximate surface area is 111 Å². The second-order valence-corrected chi connectivity index (χ2v) is 6.48. The van der Waals surface area contributed by atoms with Crippen LogP contribution in [-0.2, 0) is 7.05 Å². The highest BCUT2D eigenvalue weighted by atomic mass is 15.2. The zero-order valence-corrected chi connectivity index (χ0v) is 12.3. The predicted molar refractivity (Wildman–Crippen MR) is 76.8 cm³/mol. The molecule has 0 unspecified atom stereocenters. The van der Waals surface area contributed by atoms with Crippen LogP contribution in [0.5, 0.6) is 0 Å². The molecule has 0 spiro atoms. The van der Waals surface area contributed by atoms with E-state index in [4.69, 9.17) is 0 Å². The van der Waals surface area contributed by atoms with Gasteiger partial charge in [0.25, 0.3) is 0 Å². The second-order valence-electron chi connectivity index (χ2n) is 6.48. The zero-order chi connectivity index (χ0) is 13.2. The van der Waals surface area contributed by atoms with Crippen LogP contribution in [-0.4, -0.2) is 16.1 Å². The van der Waals surface area contributed by atoms with E-state index < -0.39 is 0 Å². The number of hydrogen-bond acceptors (Lipinski definition) is 2. The molecule has 1 aliphatic rings. The summed E-state index contributed by atoms with van der Waals surface area (Å²) in [7, 11) is 2.06. The smallest absolute Gasteiger partial charge is 0.202 e. The molecule has 102 valence electrons. The fourth-order valence-electron chi connectivity index (χ4n) is 3.49. The molecule has 0 aromatic carbocycles. The summed E-state index contributed by atoms with van der Waals surface area (Å²) < 4.78 is 2.09. The van der Waals surface area contributed by atoms with E-state index >= 15 is 0 Å². The minimum absolute atomic E-state index is 0.508. The molecule has 1 saturated carbocycles. The molecule has 1 aromatic rings. The normalized spacial score (nSPS) is 18.5. The molecule has 0 saturated heterocycles. The Balaban J connectivity index is 1.99. The number of imidazole rings is 1. The van der Waals surface area contributed by atoms with Crippen LogP contribution in [0.2, 0.25) is 0 Å². The number of hydrogen-bond donors (Lipinski definition) is 1. The molecular formula is C15H27N3. The average molecular weight is 249 g/mol. The molecule has 1 heterocycles. The maximum atomic E-state index is 4.53. The molecule has 0 bridgehead atoms. The summed E-state index contributed by atoms with van der Waals surface area (Å²) in [5, 5.41) is 3.57. The molecule has 3 nitrogen and oxygen atoms in total. The molecule has 0 amide bonds. The highest BCUT2D eigenvalue weighted by Gasteiger charge is 2.34. The van der Waals surface area contributed by atoms with Crippen LogP contribution >= 0.6 is 0 Å². The number of nitrogens with one attached hydrogen (secondary N) is 1. The maximum Gasteiger partial charge on any atom is 0.202 e. The molecule has 1 N–H and O–H groups in total. The van der Waals surface area contributed by atoms with Gasteiger partial charge in [-0.05, 0) is 37.5 Å². The summed E-state index contributed by atoms with van der Waals surface area (Å²) in [6.07, 6.45) is 8.96. The van der Waals surface area contributed by atoms with E-state index in [1.165, 1.54) is 32.1 Å². The van der Waals surface area contributed by atoms with Gasteiger partial charge in [-0.1, -0.05) is 26.7 Å². The first kappa shape index (κ1) is 13.4. The third-order valence-corrected chi connectivity index (χ3v) is 4.12. The van der Waals surface area contributed by atoms with Crippen molar-refractivity contribution in [3.8, 4) is 0 Å². The van der Waals surface area contributed by atoms with Crippen LogP contribution in [0.1, 0.15) is 51.6 Å². The predicted octanol–water partition coefficient (Wildman–Crippen LogP) is 3.75. The number of aryl methyl sites for hydroxylation is 2. The Morgan fingerprint density at radius 2 is 2.06 bits per heavy atom. The second kappa shape index (κ2) is 5.33. The Bertz CT molecular complexity index is 386. The first-order valence-electron chi connectivity index (χ1n) is 7.25. The van der Waals surface area contributed by atoms with Gasteiger partial charge in [0.15, 0.2) is 0 Å². The van der Waals surface area contributed by atoms with Gasteiger partial charge < -0.3 is 9.88 Å². The molecule has 3 heteroatoms. The average Bonchev–Trinajstić information content (AvgIpc) is 2.83. The lowest BCUT2D eigenvalue weighted by Gasteiger charge is -2.31. The number of nitrogens with zero attached hydrogens (tertiary/aromatic N) is 2. The van der Waals surface area contributed by atoms with Crippen molar-refractivity contribution in [1.29, 1.82) is 0 Å². The van der Waals surface area contributed by atoms with Crippen molar-refractivity contribution in [3.63, 3.8) is 0 Å². The first-order chi connectivity index (χ1) is 8.51. The van der Waals surface area contributed by atoms with Gasteiger partial charge in [-0.2, -0.15) is 0 Å². The van der Waals surface area contributed by atoms with Gasteiger partial charge >= 0.3 is 0 Å². The molecule has 0 atom stereocenters. The highest BCUT2D eigenvalue weighted by Crippen LogP contribution is 2.43. The van der Waals surface area contributed by atoms with Crippen LogP contribution in [0.15, 0.2) is 6.20 Å². The fraction of sp³-hybridized carbons (Fsp3) is 0.800. The quantitative estimate of drug-likeness (QED) is 0.861. The minimum atomic E-state index is 0.508. The Morgan fingerprint density at radius 1 is 1.39 bits per heavy atom. The third kappa shape index (κ3) is 3.06. The molecule has 2 rings (SSSR count). The van der Waals surface area contributed by atoms with Crippen LogP contribution in [0.25, 0.3) is 0 Å². The third-order valence-electron chi connectivity index (χ3n) is 4.12. The van der Waals surface area contributed by atoms with Crippen molar-refractivity contribution in [2.45, 2.75) is 52.9 Å². The van der Waals surface area contributed by atoms with Gasteiger partial charge in [0.05, 0.1) is 5.69 Å². The highest BCUT2D eigenvalue weighted by molar-refractivity contribution is 5.28. The van der Waals surface area contributed by atoms with Crippen molar-refractivity contribution in [2.24, 2.45) is 18.4 Å². The van der Waals surface area contributed by atoms with Crippen molar-refractivity contribution >= 4 is 5.95 Å². The largest absolute Gasteiger partial charge is 0.355 e. The van der Waals surface area contributed by atoms with Gasteiger partial charge in [0.2, 0.25) is 5.95 Å². The van der Waals surface area contributed by atoms with Gasteiger partial charge in [-0.15, -0.1) is 0 Å². The van der Waals surface area contributed by atoms with E-state index in [1.807, 2.05) is 6.92 Å². The van der Waals surface area contributed by atoms with E-state index in [-0.39, 0.29) is 0 Å². The standard InChI is InChI=1S/C15H27N3/c1-12(2)9-15(7-5-6-8-15)11-16-14-17-13(3)10-18(14)4/h10,12H,5-9,11H2,1-4H3,(H,16,17). The van der Waals surface area contributed by atoms with Crippen LogP contribution < -0.4 is 5.32 Å². The molecule has 18 heavy (non-hydrogen) atoms. The molecule has 1 fully saturated rings. The van der Waals surface area contributed by atoms with Crippen molar-refractivity contribution in [1.82, 2.24) is 9.55 Å². The van der Waals surface area contributed by atoms with E-state index in [9.17, 15) is 0 Å². The van der Waals surface area contributed by atoms with E-state index in [0.29, 0.717) is 5.41 Å². The number of aromatic nitrogens is 2. The summed E-state index contributed by atoms with van der Waals surface area (Å²) in [6, 6.07) is 0. The molecular weight excluding hydrogens is 222 g/mol. The number of anilines is 1. The Kier molecular flexibility index (Phi) is 3.98. The summed E-state index contributed by atoms with van der Waals surface area (Å²) in [5.74, 6) is 1.80. The Morgan fingerprint density at radius 3 is 2.56 bits per heavy atom. The van der Waals surface area contributed by atoms with Crippen molar-refractivity contribution in [3.05, 3.63) is 11.9 Å². The first-order valence-corrected chi connectivity index (χ1v) is 7.25. The summed E-state index contributed by atoms with van der Waals surface area (Å²) in [4.78, 5) is 4.53. The lowest BCUT2D eigenvalue weighted by Crippen LogP contribution is -2.29. The SMILES string of the molecule is Cc1cn(C)c(NCC2(CC(C)C)CCCC2)n1. The van der Waals surface area contributed by atoms with Gasteiger partial charge in [0.1, 0.15) is 0 Å². The fourth-order valence-corrected chi connectivity index (χ4v) is 3.49. The summed E-state index contributed by atoms with van der Waals surface area (Å²) in [5.41, 5.74) is 1.60. The van der Waals surface area contributed by atoms with E-state index in [2.05, 4.69) is 42.0 Å². The molecule has 1 aromatic heterocycles. The van der Waals surface area contributed by atoms with Crippen molar-refractivity contribution in [2.75, 3.05) is 11.9 Å². The van der Waals surface area contributed by atoms with Crippen molar-refractivity contribution < 1.29 is 0 Å². The summed E-state index contributed by atoms with van der Waals surface area (Å²) >= 11 is 0. The monoisotopic (exact) mass is 249 g/mol. The molecule has 0 radical (unpaired) electrons. The number of rotatable bonds is 5. The van der Waals surface area contributed by atoms with Crippen LogP contribution in [0.3, 0.4) is 0 Å². The molecule has 1 aliphatic carbocycles. The van der Waals surface area contributed by atoms with Crippen LogP contribution in [0.4, 0.5) is 5.95 Å².